The number of hydrogen-bond donors (Lipinski definition) is 2. The van der Waals surface area contributed by atoms with Crippen LogP contribution in [0.1, 0.15) is 12.0 Å². The van der Waals surface area contributed by atoms with E-state index in [1.165, 1.54) is 0 Å². The summed E-state index contributed by atoms with van der Waals surface area (Å²) >= 11 is 0. The zero-order chi connectivity index (χ0) is 20.4. The number of aliphatic hydroxyl groups excluding tert-OH is 1. The van der Waals surface area contributed by atoms with Crippen LogP contribution in [0.15, 0.2) is 48.5 Å². The molecule has 0 saturated carbocycles. The Balaban J connectivity index is 1.43. The summed E-state index contributed by atoms with van der Waals surface area (Å²) < 4.78 is 16.2. The number of carbonyl (C=O) groups is 2. The van der Waals surface area contributed by atoms with E-state index >= 15 is 0 Å². The topological polar surface area (TPSA) is 97.3 Å². The van der Waals surface area contributed by atoms with Gasteiger partial charge < -0.3 is 24.6 Å². The number of β-amino-alcohol motifs (C(OH)–C–C–N with tert-alkyl or cyclic N) is 1. The molecule has 0 bridgehead atoms. The summed E-state index contributed by atoms with van der Waals surface area (Å²) in [6, 6.07) is 13.5. The van der Waals surface area contributed by atoms with E-state index in [0.717, 1.165) is 4.90 Å². The predicted octanol–water partition coefficient (Wildman–Crippen LogP) is 1.66. The van der Waals surface area contributed by atoms with Crippen LogP contribution in [0.5, 0.6) is 17.2 Å². The number of fused-ring (bicyclic) bond motifs is 2. The van der Waals surface area contributed by atoms with Crippen molar-refractivity contribution in [1.82, 2.24) is 10.2 Å². The predicted molar refractivity (Wildman–Crippen MR) is 103 cm³/mol. The van der Waals surface area contributed by atoms with Crippen LogP contribution in [-0.4, -0.2) is 54.9 Å². The van der Waals surface area contributed by atoms with Gasteiger partial charge in [-0.25, -0.2) is 4.79 Å². The minimum absolute atomic E-state index is 0.0594. The lowest BCUT2D eigenvalue weighted by Crippen LogP contribution is -2.48. The van der Waals surface area contributed by atoms with Crippen molar-refractivity contribution in [3.05, 3.63) is 54.1 Å². The highest BCUT2D eigenvalue weighted by atomic mass is 16.5. The molecular weight excluding hydrogens is 376 g/mol. The smallest absolute Gasteiger partial charge is 0.325 e. The van der Waals surface area contributed by atoms with Gasteiger partial charge in [0.25, 0.3) is 5.91 Å². The first-order chi connectivity index (χ1) is 14.0. The highest BCUT2D eigenvalue weighted by Crippen LogP contribution is 2.40. The number of amides is 3. The van der Waals surface area contributed by atoms with Crippen molar-refractivity contribution >= 4 is 11.9 Å². The SMILES string of the molecule is COc1ccc(OC[C@@H](O)CN2C(=O)N[C@]3(CCOc4ccccc43)C2=O)cc1. The molecule has 0 aliphatic carbocycles. The molecule has 8 nitrogen and oxygen atoms in total. The van der Waals surface area contributed by atoms with Crippen molar-refractivity contribution in [2.24, 2.45) is 0 Å². The number of rotatable bonds is 6. The Morgan fingerprint density at radius 3 is 2.66 bits per heavy atom. The zero-order valence-corrected chi connectivity index (χ0v) is 16.0. The van der Waals surface area contributed by atoms with Gasteiger partial charge in [-0.2, -0.15) is 0 Å². The average molecular weight is 398 g/mol. The lowest BCUT2D eigenvalue weighted by molar-refractivity contribution is -0.133. The molecular formula is C21H22N2O6. The lowest BCUT2D eigenvalue weighted by atomic mass is 9.84. The van der Waals surface area contributed by atoms with E-state index in [4.69, 9.17) is 14.2 Å². The lowest BCUT2D eigenvalue weighted by Gasteiger charge is -2.33. The van der Waals surface area contributed by atoms with E-state index in [1.807, 2.05) is 6.07 Å². The Morgan fingerprint density at radius 2 is 1.90 bits per heavy atom. The number of methoxy groups -OCH3 is 1. The van der Waals surface area contributed by atoms with E-state index in [1.54, 1.807) is 49.6 Å². The number of hydrogen-bond acceptors (Lipinski definition) is 6. The number of imide groups is 1. The Morgan fingerprint density at radius 1 is 1.17 bits per heavy atom. The number of aliphatic hydroxyl groups is 1. The van der Waals surface area contributed by atoms with Gasteiger partial charge in [-0.3, -0.25) is 9.69 Å². The number of benzene rings is 2. The van der Waals surface area contributed by atoms with Crippen LogP contribution in [0.4, 0.5) is 4.79 Å². The first-order valence-corrected chi connectivity index (χ1v) is 9.35. The molecule has 2 aliphatic heterocycles. The van der Waals surface area contributed by atoms with Gasteiger partial charge in [0.2, 0.25) is 0 Å². The molecule has 2 aromatic carbocycles. The number of urea groups is 1. The van der Waals surface area contributed by atoms with Crippen LogP contribution < -0.4 is 19.5 Å². The van der Waals surface area contributed by atoms with Crippen LogP contribution in [0.25, 0.3) is 0 Å². The van der Waals surface area contributed by atoms with E-state index in [0.29, 0.717) is 35.8 Å². The molecule has 2 N–H and O–H groups in total. The minimum Gasteiger partial charge on any atom is -0.497 e. The maximum Gasteiger partial charge on any atom is 0.325 e. The Labute approximate surface area is 168 Å². The first-order valence-electron chi connectivity index (χ1n) is 9.35. The van der Waals surface area contributed by atoms with Gasteiger partial charge in [0.1, 0.15) is 30.0 Å². The molecule has 2 aliphatic rings. The van der Waals surface area contributed by atoms with E-state index < -0.39 is 17.7 Å². The van der Waals surface area contributed by atoms with Crippen molar-refractivity contribution in [1.29, 1.82) is 0 Å². The van der Waals surface area contributed by atoms with Crippen molar-refractivity contribution in [2.45, 2.75) is 18.1 Å². The molecule has 2 heterocycles. The molecule has 1 saturated heterocycles. The van der Waals surface area contributed by atoms with Gasteiger partial charge in [0.05, 0.1) is 20.3 Å². The van der Waals surface area contributed by atoms with Crippen molar-refractivity contribution in [3.63, 3.8) is 0 Å². The fourth-order valence-electron chi connectivity index (χ4n) is 3.67. The first kappa shape index (κ1) is 19.1. The van der Waals surface area contributed by atoms with Crippen molar-refractivity contribution in [2.75, 3.05) is 26.9 Å². The highest BCUT2D eigenvalue weighted by molar-refractivity contribution is 6.08. The largest absolute Gasteiger partial charge is 0.497 e. The van der Waals surface area contributed by atoms with Crippen LogP contribution in [-0.2, 0) is 10.3 Å². The van der Waals surface area contributed by atoms with Crippen molar-refractivity contribution < 1.29 is 28.9 Å². The monoisotopic (exact) mass is 398 g/mol. The molecule has 152 valence electrons. The fourth-order valence-corrected chi connectivity index (χ4v) is 3.67. The second-order valence-corrected chi connectivity index (χ2v) is 6.99. The van der Waals surface area contributed by atoms with Crippen molar-refractivity contribution in [3.8, 4) is 17.2 Å². The summed E-state index contributed by atoms with van der Waals surface area (Å²) in [6.07, 6.45) is -0.694. The van der Waals surface area contributed by atoms with E-state index in [-0.39, 0.29) is 19.1 Å². The van der Waals surface area contributed by atoms with Gasteiger partial charge in [-0.1, -0.05) is 18.2 Å². The van der Waals surface area contributed by atoms with Gasteiger partial charge in [-0.05, 0) is 30.3 Å². The summed E-state index contributed by atoms with van der Waals surface area (Å²) in [4.78, 5) is 26.7. The van der Waals surface area contributed by atoms with Gasteiger partial charge in [-0.15, -0.1) is 0 Å². The molecule has 8 heteroatoms. The van der Waals surface area contributed by atoms with Crippen LogP contribution in [0, 0.1) is 0 Å². The Kier molecular flexibility index (Phi) is 5.02. The quantitative estimate of drug-likeness (QED) is 0.719. The van der Waals surface area contributed by atoms with Gasteiger partial charge in [0.15, 0.2) is 5.54 Å². The second kappa shape index (κ2) is 7.63. The second-order valence-electron chi connectivity index (χ2n) is 6.99. The molecule has 3 amide bonds. The third kappa shape index (κ3) is 3.47. The Hall–Kier alpha value is -3.26. The van der Waals surface area contributed by atoms with Gasteiger partial charge in [0, 0.05) is 12.0 Å². The summed E-state index contributed by atoms with van der Waals surface area (Å²) in [5.74, 6) is 1.44. The van der Waals surface area contributed by atoms with Crippen LogP contribution in [0.3, 0.4) is 0 Å². The Bertz CT molecular complexity index is 916. The number of carbonyl (C=O) groups excluding carboxylic acids is 2. The molecule has 0 unspecified atom stereocenters. The maximum atomic E-state index is 13.2. The van der Waals surface area contributed by atoms with E-state index in [2.05, 4.69) is 5.32 Å². The standard InChI is InChI=1S/C21H22N2O6/c1-27-15-6-8-16(9-7-15)29-13-14(24)12-23-19(25)21(22-20(23)26)10-11-28-18-5-3-2-4-17(18)21/h2-9,14,24H,10-13H2,1H3,(H,22,26)/t14-,21-/m0/s1. The summed E-state index contributed by atoms with van der Waals surface area (Å²) in [5.41, 5.74) is -0.515. The number of nitrogens with zero attached hydrogens (tertiary/aromatic N) is 1. The molecule has 2 aromatic rings. The molecule has 29 heavy (non-hydrogen) atoms. The number of nitrogens with one attached hydrogen (secondary N) is 1. The molecule has 2 atom stereocenters. The van der Waals surface area contributed by atoms with E-state index in [9.17, 15) is 14.7 Å². The molecule has 1 fully saturated rings. The number of para-hydroxylation sites is 1. The van der Waals surface area contributed by atoms with Gasteiger partial charge >= 0.3 is 6.03 Å². The fraction of sp³-hybridized carbons (Fsp3) is 0.333. The third-order valence-electron chi connectivity index (χ3n) is 5.15. The van der Waals surface area contributed by atoms with Crippen LogP contribution in [0.2, 0.25) is 0 Å². The summed E-state index contributed by atoms with van der Waals surface area (Å²) in [5, 5.41) is 13.1. The number of ether oxygens (including phenoxy) is 3. The average Bonchev–Trinajstić information content (AvgIpc) is 2.97. The normalized spacial score (nSPS) is 21.4. The molecule has 0 radical (unpaired) electrons. The highest BCUT2D eigenvalue weighted by Gasteiger charge is 2.55. The molecule has 1 spiro atoms. The minimum atomic E-state index is -1.15. The maximum absolute atomic E-state index is 13.2. The summed E-state index contributed by atoms with van der Waals surface area (Å²) in [6.45, 7) is 0.0989. The summed E-state index contributed by atoms with van der Waals surface area (Å²) in [7, 11) is 1.57. The molecule has 4 rings (SSSR count). The molecule has 0 aromatic heterocycles. The zero-order valence-electron chi connectivity index (χ0n) is 16.0. The third-order valence-corrected chi connectivity index (χ3v) is 5.15. The van der Waals surface area contributed by atoms with Crippen LogP contribution >= 0.6 is 0 Å².